The summed E-state index contributed by atoms with van der Waals surface area (Å²) in [6.45, 7) is 5.04. The lowest BCUT2D eigenvalue weighted by atomic mass is 9.89. The monoisotopic (exact) mass is 248 g/mol. The summed E-state index contributed by atoms with van der Waals surface area (Å²) < 4.78 is 0. The molecule has 0 unspecified atom stereocenters. The van der Waals surface area contributed by atoms with Crippen molar-refractivity contribution in [3.05, 3.63) is 33.9 Å². The molecule has 4 heteroatoms. The van der Waals surface area contributed by atoms with Crippen LogP contribution in [-0.2, 0) is 0 Å². The van der Waals surface area contributed by atoms with E-state index in [9.17, 15) is 10.1 Å². The van der Waals surface area contributed by atoms with Gasteiger partial charge in [-0.2, -0.15) is 0 Å². The molecule has 1 aromatic carbocycles. The zero-order valence-electron chi connectivity index (χ0n) is 11.0. The summed E-state index contributed by atoms with van der Waals surface area (Å²) in [5.74, 6) is 0. The normalized spacial score (nSPS) is 17.7. The number of hydrogen-bond donors (Lipinski definition) is 1. The van der Waals surface area contributed by atoms with Gasteiger partial charge in [0.2, 0.25) is 0 Å². The van der Waals surface area contributed by atoms with Crippen molar-refractivity contribution in [3.63, 3.8) is 0 Å². The van der Waals surface area contributed by atoms with Crippen LogP contribution in [0.1, 0.15) is 38.2 Å². The van der Waals surface area contributed by atoms with Crippen LogP contribution in [0.25, 0.3) is 0 Å². The van der Waals surface area contributed by atoms with Crippen molar-refractivity contribution in [2.45, 2.75) is 39.5 Å². The highest BCUT2D eigenvalue weighted by Gasteiger charge is 2.28. The Balaban J connectivity index is 2.02. The number of benzene rings is 1. The molecule has 1 aliphatic carbocycles. The smallest absolute Gasteiger partial charge is 0.272 e. The Bertz CT molecular complexity index is 451. The van der Waals surface area contributed by atoms with E-state index in [0.717, 1.165) is 12.2 Å². The van der Waals surface area contributed by atoms with Crippen molar-refractivity contribution in [2.24, 2.45) is 5.41 Å². The highest BCUT2D eigenvalue weighted by Crippen LogP contribution is 2.37. The van der Waals surface area contributed by atoms with E-state index in [2.05, 4.69) is 12.2 Å². The van der Waals surface area contributed by atoms with Gasteiger partial charge in [0.25, 0.3) is 5.69 Å². The van der Waals surface area contributed by atoms with Crippen molar-refractivity contribution in [3.8, 4) is 0 Å². The molecule has 1 N–H and O–H groups in total. The number of anilines is 1. The van der Waals surface area contributed by atoms with E-state index in [1.54, 1.807) is 19.1 Å². The third-order valence-electron chi connectivity index (χ3n) is 3.92. The molecule has 18 heavy (non-hydrogen) atoms. The molecule has 1 saturated carbocycles. The molecular formula is C14H20N2O2. The third kappa shape index (κ3) is 2.81. The van der Waals surface area contributed by atoms with Gasteiger partial charge in [-0.1, -0.05) is 19.8 Å². The maximum absolute atomic E-state index is 10.7. The van der Waals surface area contributed by atoms with E-state index in [1.807, 2.05) is 6.07 Å². The van der Waals surface area contributed by atoms with E-state index in [0.29, 0.717) is 11.0 Å². The van der Waals surface area contributed by atoms with Crippen LogP contribution >= 0.6 is 0 Å². The van der Waals surface area contributed by atoms with Gasteiger partial charge in [-0.15, -0.1) is 0 Å². The van der Waals surface area contributed by atoms with Crippen LogP contribution in [0.4, 0.5) is 11.4 Å². The van der Waals surface area contributed by atoms with Gasteiger partial charge in [-0.05, 0) is 37.3 Å². The average molecular weight is 248 g/mol. The van der Waals surface area contributed by atoms with Crippen LogP contribution in [0.2, 0.25) is 0 Å². The second-order valence-corrected chi connectivity index (χ2v) is 5.63. The molecule has 0 atom stereocenters. The number of nitro groups is 1. The van der Waals surface area contributed by atoms with Gasteiger partial charge < -0.3 is 5.32 Å². The summed E-state index contributed by atoms with van der Waals surface area (Å²) in [6, 6.07) is 5.23. The Kier molecular flexibility index (Phi) is 3.55. The van der Waals surface area contributed by atoms with Crippen LogP contribution in [0.5, 0.6) is 0 Å². The molecule has 0 aromatic heterocycles. The summed E-state index contributed by atoms with van der Waals surface area (Å²) in [6.07, 6.45) is 5.17. The summed E-state index contributed by atoms with van der Waals surface area (Å²) in [5.41, 5.74) is 2.26. The van der Waals surface area contributed by atoms with Crippen molar-refractivity contribution in [1.29, 1.82) is 0 Å². The fourth-order valence-corrected chi connectivity index (χ4v) is 2.69. The predicted molar refractivity (Wildman–Crippen MR) is 72.9 cm³/mol. The van der Waals surface area contributed by atoms with Gasteiger partial charge in [0.15, 0.2) is 0 Å². The molecule has 2 rings (SSSR count). The molecular weight excluding hydrogens is 228 g/mol. The van der Waals surface area contributed by atoms with Crippen LogP contribution in [0.3, 0.4) is 0 Å². The van der Waals surface area contributed by atoms with Gasteiger partial charge >= 0.3 is 0 Å². The second kappa shape index (κ2) is 4.96. The first-order chi connectivity index (χ1) is 8.50. The van der Waals surface area contributed by atoms with E-state index in [4.69, 9.17) is 0 Å². The Morgan fingerprint density at radius 2 is 2.06 bits per heavy atom. The molecule has 0 bridgehead atoms. The van der Waals surface area contributed by atoms with E-state index >= 15 is 0 Å². The van der Waals surface area contributed by atoms with Crippen molar-refractivity contribution in [2.75, 3.05) is 11.9 Å². The SMILES string of the molecule is Cc1cc(NCC2(C)CCCC2)ccc1[N+](=O)[O-]. The maximum atomic E-state index is 10.7. The highest BCUT2D eigenvalue weighted by atomic mass is 16.6. The molecule has 4 nitrogen and oxygen atoms in total. The minimum Gasteiger partial charge on any atom is -0.384 e. The fraction of sp³-hybridized carbons (Fsp3) is 0.571. The quantitative estimate of drug-likeness (QED) is 0.649. The zero-order chi connectivity index (χ0) is 13.2. The Morgan fingerprint density at radius 3 is 2.61 bits per heavy atom. The molecule has 1 aromatic rings. The molecule has 0 saturated heterocycles. The van der Waals surface area contributed by atoms with Crippen LogP contribution in [0.15, 0.2) is 18.2 Å². The topological polar surface area (TPSA) is 55.2 Å². The number of rotatable bonds is 4. The molecule has 98 valence electrons. The summed E-state index contributed by atoms with van der Waals surface area (Å²) in [4.78, 5) is 10.4. The Hall–Kier alpha value is -1.58. The first-order valence-corrected chi connectivity index (χ1v) is 6.49. The number of nitrogens with one attached hydrogen (secondary N) is 1. The van der Waals surface area contributed by atoms with Gasteiger partial charge in [0.1, 0.15) is 0 Å². The van der Waals surface area contributed by atoms with E-state index in [1.165, 1.54) is 25.7 Å². The fourth-order valence-electron chi connectivity index (χ4n) is 2.69. The summed E-state index contributed by atoms with van der Waals surface area (Å²) in [7, 11) is 0. The van der Waals surface area contributed by atoms with Crippen LogP contribution in [-0.4, -0.2) is 11.5 Å². The third-order valence-corrected chi connectivity index (χ3v) is 3.92. The lowest BCUT2D eigenvalue weighted by Gasteiger charge is -2.24. The number of nitro benzene ring substituents is 1. The average Bonchev–Trinajstić information content (AvgIpc) is 2.74. The number of nitrogens with zero attached hydrogens (tertiary/aromatic N) is 1. The van der Waals surface area contributed by atoms with Gasteiger partial charge in [0, 0.05) is 23.9 Å². The van der Waals surface area contributed by atoms with Gasteiger partial charge in [0.05, 0.1) is 4.92 Å². The second-order valence-electron chi connectivity index (χ2n) is 5.63. The highest BCUT2D eigenvalue weighted by molar-refractivity contribution is 5.53. The Morgan fingerprint density at radius 1 is 1.39 bits per heavy atom. The lowest BCUT2D eigenvalue weighted by molar-refractivity contribution is -0.385. The minimum absolute atomic E-state index is 0.188. The van der Waals surface area contributed by atoms with E-state index in [-0.39, 0.29) is 10.6 Å². The lowest BCUT2D eigenvalue weighted by Crippen LogP contribution is -2.22. The predicted octanol–water partition coefficient (Wildman–Crippen LogP) is 3.90. The largest absolute Gasteiger partial charge is 0.384 e. The Labute approximate surface area is 108 Å². The molecule has 0 aliphatic heterocycles. The van der Waals surface area contributed by atoms with Crippen LogP contribution in [0, 0.1) is 22.5 Å². The molecule has 0 radical (unpaired) electrons. The first-order valence-electron chi connectivity index (χ1n) is 6.49. The minimum atomic E-state index is -0.336. The van der Waals surface area contributed by atoms with Gasteiger partial charge in [-0.3, -0.25) is 10.1 Å². The molecule has 1 aliphatic rings. The van der Waals surface area contributed by atoms with E-state index < -0.39 is 0 Å². The first kappa shape index (κ1) is 12.9. The van der Waals surface area contributed by atoms with Gasteiger partial charge in [-0.25, -0.2) is 0 Å². The van der Waals surface area contributed by atoms with Crippen molar-refractivity contribution in [1.82, 2.24) is 0 Å². The standard InChI is InChI=1S/C14H20N2O2/c1-11-9-12(5-6-13(11)16(17)18)15-10-14(2)7-3-4-8-14/h5-6,9,15H,3-4,7-8,10H2,1-2H3. The van der Waals surface area contributed by atoms with Crippen molar-refractivity contribution >= 4 is 11.4 Å². The van der Waals surface area contributed by atoms with Crippen molar-refractivity contribution < 1.29 is 4.92 Å². The maximum Gasteiger partial charge on any atom is 0.272 e. The summed E-state index contributed by atoms with van der Waals surface area (Å²) >= 11 is 0. The molecule has 1 fully saturated rings. The summed E-state index contributed by atoms with van der Waals surface area (Å²) in [5, 5.41) is 14.1. The number of hydrogen-bond acceptors (Lipinski definition) is 3. The van der Waals surface area contributed by atoms with Crippen LogP contribution < -0.4 is 5.32 Å². The molecule has 0 amide bonds. The number of aryl methyl sites for hydroxylation is 1. The zero-order valence-corrected chi connectivity index (χ0v) is 11.0. The molecule has 0 spiro atoms. The molecule has 0 heterocycles.